The Labute approximate surface area is 593 Å². The molecule has 0 bridgehead atoms. The summed E-state index contributed by atoms with van der Waals surface area (Å²) in [4.78, 5) is 0. The van der Waals surface area contributed by atoms with Gasteiger partial charge in [-0.25, -0.2) is 0 Å². The maximum absolute atomic E-state index is 8.75. The van der Waals surface area contributed by atoms with Crippen molar-refractivity contribution >= 4 is 42.3 Å². The van der Waals surface area contributed by atoms with Crippen LogP contribution in [-0.4, -0.2) is 113 Å². The van der Waals surface area contributed by atoms with E-state index in [1.807, 2.05) is 0 Å². The van der Waals surface area contributed by atoms with Gasteiger partial charge in [-0.05, 0) is 190 Å². The molecule has 3 radical (unpaired) electrons. The summed E-state index contributed by atoms with van der Waals surface area (Å²) in [6, 6.07) is 23.9. The summed E-state index contributed by atoms with van der Waals surface area (Å²) in [6.07, 6.45) is 48.2. The van der Waals surface area contributed by atoms with Crippen LogP contribution in [0.25, 0.3) is 16.8 Å². The van der Waals surface area contributed by atoms with Crippen molar-refractivity contribution in [1.29, 1.82) is 0 Å². The molecule has 6 aliphatic carbocycles. The molecule has 7 fully saturated rings. The van der Waals surface area contributed by atoms with E-state index in [1.54, 1.807) is 157 Å². The van der Waals surface area contributed by atoms with E-state index in [0.717, 1.165) is 43.8 Å². The maximum atomic E-state index is 8.75. The number of aliphatic hydroxyl groups excluding tert-OH is 2. The summed E-state index contributed by atoms with van der Waals surface area (Å²) in [7, 11) is -1.14. The van der Waals surface area contributed by atoms with Gasteiger partial charge in [0.2, 0.25) is 0 Å². The predicted molar refractivity (Wildman–Crippen MR) is 338 cm³/mol. The molecular weight excluding hydrogens is 2060 g/mol. The van der Waals surface area contributed by atoms with Gasteiger partial charge < -0.3 is 37.2 Å². The van der Waals surface area contributed by atoms with Crippen molar-refractivity contribution in [3.8, 4) is 0 Å². The van der Waals surface area contributed by atoms with Crippen LogP contribution in [0.4, 0.5) is 0 Å². The van der Waals surface area contributed by atoms with E-state index in [9.17, 15) is 0 Å². The molecule has 2 atom stereocenters. The smallest absolute Gasteiger partial charge is 0.0620 e. The fourth-order valence-electron chi connectivity index (χ4n) is 14.6. The van der Waals surface area contributed by atoms with Crippen LogP contribution in [0.3, 0.4) is 0 Å². The summed E-state index contributed by atoms with van der Waals surface area (Å²) >= 11 is -11.7. The van der Waals surface area contributed by atoms with Gasteiger partial charge in [0.1, 0.15) is 0 Å². The minimum absolute atomic E-state index is 0. The average Bonchev–Trinajstić information content (AvgIpc) is 2.35. The molecule has 513 valence electrons. The van der Waals surface area contributed by atoms with Gasteiger partial charge in [0.05, 0.1) is 60.4 Å². The summed E-state index contributed by atoms with van der Waals surface area (Å²) in [5, 5.41) is 46.3. The zero-order chi connectivity index (χ0) is 59.0. The third kappa shape index (κ3) is 38.9. The molecule has 1 saturated heterocycles. The van der Waals surface area contributed by atoms with E-state index in [4.69, 9.17) is 48.9 Å². The van der Waals surface area contributed by atoms with E-state index >= 15 is 0 Å². The van der Waals surface area contributed by atoms with Crippen LogP contribution in [0.15, 0.2) is 72.3 Å². The molecule has 2 unspecified atom stereocenters. The van der Waals surface area contributed by atoms with Crippen molar-refractivity contribution in [2.45, 2.75) is 258 Å². The fraction of sp³-hybridized carbons (Fsp3) is 0.774. The molecule has 25 heteroatoms. The SMILES string of the molecule is OC(O)C1=CC[N-]CC1.OC(O)C1CC[N-]CC1.[Ag+].[Ag].[NH2-].[O]=[Re](=[O])(=[O])[OH].[O]=[Re](=[O])(=[O])[OH].[Re].[Re].c1ccc([PH+](C[PH+](C2CCCCC2)C2CCCCC2)C2CCCCC2)cc1.c1ccc([PH+](C[PH+](C2CCCCC2)C2CCCCC2)C2CCCCC2)cc1. The standard InChI is InChI=1S/2C25H40P2.C6H12NO2.C6H10NO2.2Ag.H2N.2H2O.6O.4Re/c2*1-5-13-22(14-6-1)26(23-15-7-2-8-16-23)21-27(24-17-9-3-10-18-24)25-19-11-4-12-20-25;2*8-6(9)5-1-3-7-4-2-5;;;;;;;;;;;;;;;/h2*1,5-6,13-14,23-25H,2-4,7-12,15-21H2;5-6,8-9H,1-4H2;1,6,8-9H,2-4H2;;;3*1H2;;;;;;;;;;/q;;2*-1;;+1;-1;;;;;;;;;;;2*+1/p+2. The Morgan fingerprint density at radius 2 is 0.701 bits per heavy atom. The van der Waals surface area contributed by atoms with Gasteiger partial charge in [-0.3, -0.25) is 0 Å². The first-order valence-electron chi connectivity index (χ1n) is 31.9. The first kappa shape index (κ1) is 89.5. The number of aliphatic hydroxyl groups is 4. The van der Waals surface area contributed by atoms with Gasteiger partial charge in [-0.2, -0.15) is 0 Å². The van der Waals surface area contributed by atoms with Crippen molar-refractivity contribution in [3.05, 3.63) is 89.1 Å². The maximum Gasteiger partial charge on any atom is 0.160 e. The van der Waals surface area contributed by atoms with Crippen LogP contribution in [-0.2, 0) is 138 Å². The monoisotopic (exact) mass is 2170 g/mol. The average molecular weight is 2170 g/mol. The second-order valence-corrected chi connectivity index (χ2v) is 43.5. The Kier molecular flexibility index (Phi) is 53.1. The normalized spacial score (nSPS) is 21.2. The summed E-state index contributed by atoms with van der Waals surface area (Å²) in [6.45, 7) is 2.95. The molecule has 2 aliphatic heterocycles. The topological polar surface area (TPSA) is 286 Å². The molecular formula is C62H110Ag2N3O12P4Re4+2. The Morgan fingerprint density at radius 3 is 0.920 bits per heavy atom. The second kappa shape index (κ2) is 51.7. The molecule has 8 aliphatic rings. The van der Waals surface area contributed by atoms with E-state index < -0.39 is 44.2 Å². The Balaban J connectivity index is 0.00000114. The van der Waals surface area contributed by atoms with Crippen molar-refractivity contribution in [2.75, 3.05) is 38.0 Å². The van der Waals surface area contributed by atoms with Crippen LogP contribution in [0, 0.1) is 5.92 Å². The minimum atomic E-state index is -5.86. The Hall–Kier alpha value is 2.47. The van der Waals surface area contributed by atoms with Gasteiger partial charge in [0.25, 0.3) is 0 Å². The van der Waals surface area contributed by atoms with Gasteiger partial charge in [-0.15, -0.1) is 32.3 Å². The van der Waals surface area contributed by atoms with E-state index in [2.05, 4.69) is 71.3 Å². The number of nitrogens with zero attached hydrogens (tertiary/aromatic N) is 2. The zero-order valence-corrected chi connectivity index (χ0v) is 69.2. The number of hydrogen-bond acceptors (Lipinski definition) is 10. The molecule has 15 nitrogen and oxygen atoms in total. The first-order valence-corrected chi connectivity index (χ1v) is 48.3. The van der Waals surface area contributed by atoms with E-state index in [-0.39, 0.29) is 129 Å². The van der Waals surface area contributed by atoms with Gasteiger partial charge >= 0.3 is 82.4 Å². The van der Waals surface area contributed by atoms with E-state index in [1.165, 1.54) is 86.8 Å². The summed E-state index contributed by atoms with van der Waals surface area (Å²) in [5.74, 6) is 3.49. The summed E-state index contributed by atoms with van der Waals surface area (Å²) < 4.78 is 66.6. The summed E-state index contributed by atoms with van der Waals surface area (Å²) in [5.41, 5.74) is 7.53. The predicted octanol–water partition coefficient (Wildman–Crippen LogP) is 14.3. The molecule has 0 aromatic heterocycles. The molecule has 8 N–H and O–H groups in total. The van der Waals surface area contributed by atoms with Crippen molar-refractivity contribution < 1.29 is 166 Å². The zero-order valence-electron chi connectivity index (χ0n) is 51.3. The fourth-order valence-corrected chi connectivity index (χ4v) is 37.0. The van der Waals surface area contributed by atoms with Crippen molar-refractivity contribution in [1.82, 2.24) is 0 Å². The van der Waals surface area contributed by atoms with Gasteiger partial charge in [-0.1, -0.05) is 87.8 Å². The van der Waals surface area contributed by atoms with Crippen LogP contribution >= 0.6 is 31.7 Å². The van der Waals surface area contributed by atoms with Gasteiger partial charge in [0.15, 0.2) is 24.4 Å². The number of piperidine rings is 1. The first-order chi connectivity index (χ1) is 39.4. The molecule has 0 amide bonds. The number of hydrogen-bond donors (Lipinski definition) is 6. The van der Waals surface area contributed by atoms with Crippen LogP contribution < -0.4 is 10.6 Å². The van der Waals surface area contributed by atoms with Crippen molar-refractivity contribution in [2.24, 2.45) is 5.92 Å². The number of rotatable bonds is 14. The quantitative estimate of drug-likeness (QED) is 0.0446. The molecule has 0 spiro atoms. The minimum Gasteiger partial charge on any atom is -0.0620 e. The molecule has 87 heavy (non-hydrogen) atoms. The molecule has 2 aromatic carbocycles. The molecule has 6 saturated carbocycles. The third-order valence-electron chi connectivity index (χ3n) is 18.9. The third-order valence-corrected chi connectivity index (χ3v) is 37.0. The Morgan fingerprint density at radius 1 is 0.425 bits per heavy atom. The second-order valence-electron chi connectivity index (χ2n) is 24.5. The van der Waals surface area contributed by atoms with Crippen LogP contribution in [0.2, 0.25) is 0 Å². The number of nitrogens with two attached hydrogens (primary N) is 1. The van der Waals surface area contributed by atoms with Gasteiger partial charge in [0, 0.05) is 85.0 Å². The molecule has 2 heterocycles. The van der Waals surface area contributed by atoms with Crippen LogP contribution in [0.1, 0.15) is 212 Å². The van der Waals surface area contributed by atoms with E-state index in [0.29, 0.717) is 18.5 Å². The number of benzene rings is 2. The Bertz CT molecular complexity index is 2190. The molecule has 2 aromatic rings. The molecule has 10 rings (SSSR count). The van der Waals surface area contributed by atoms with Crippen molar-refractivity contribution in [3.63, 3.8) is 0 Å². The van der Waals surface area contributed by atoms with Crippen LogP contribution in [0.5, 0.6) is 0 Å². The largest absolute Gasteiger partial charge is 0.160 e.